The van der Waals surface area contributed by atoms with Gasteiger partial charge in [-0.05, 0) is 24.3 Å². The number of aromatic nitrogens is 3. The van der Waals surface area contributed by atoms with Crippen molar-refractivity contribution < 1.29 is 4.92 Å². The van der Waals surface area contributed by atoms with Crippen molar-refractivity contribution >= 4 is 28.3 Å². The number of halogens is 1. The zero-order chi connectivity index (χ0) is 16.4. The Morgan fingerprint density at radius 2 is 1.91 bits per heavy atom. The first-order valence-electron chi connectivity index (χ1n) is 7.06. The van der Waals surface area contributed by atoms with Gasteiger partial charge in [0.2, 0.25) is 0 Å². The first-order chi connectivity index (χ1) is 11.1. The van der Waals surface area contributed by atoms with E-state index in [1.807, 2.05) is 24.3 Å². The van der Waals surface area contributed by atoms with Crippen LogP contribution in [0.5, 0.6) is 0 Å². The molecule has 0 unspecified atom stereocenters. The molecule has 0 radical (unpaired) electrons. The van der Waals surface area contributed by atoms with Gasteiger partial charge in [-0.15, -0.1) is 5.10 Å². The second-order valence-corrected chi connectivity index (χ2v) is 5.34. The minimum Gasteiger partial charge on any atom is -0.259 e. The Balaban J connectivity index is 2.32. The molecule has 1 heterocycles. The van der Waals surface area contributed by atoms with Crippen molar-refractivity contribution in [2.24, 2.45) is 0 Å². The highest BCUT2D eigenvalue weighted by atomic mass is 35.5. The minimum atomic E-state index is -0.375. The van der Waals surface area contributed by atoms with Gasteiger partial charge in [-0.3, -0.25) is 10.1 Å². The second kappa shape index (κ2) is 6.18. The van der Waals surface area contributed by atoms with E-state index in [0.717, 1.165) is 0 Å². The molecule has 7 heteroatoms. The molecular formula is C16H13ClN4O2. The summed E-state index contributed by atoms with van der Waals surface area (Å²) in [4.78, 5) is 11.1. The predicted molar refractivity (Wildman–Crippen MR) is 88.6 cm³/mol. The zero-order valence-electron chi connectivity index (χ0n) is 12.3. The van der Waals surface area contributed by atoms with E-state index in [9.17, 15) is 10.1 Å². The van der Waals surface area contributed by atoms with E-state index < -0.39 is 0 Å². The summed E-state index contributed by atoms with van der Waals surface area (Å²) in [5.41, 5.74) is 2.53. The van der Waals surface area contributed by atoms with Crippen LogP contribution in [0.3, 0.4) is 0 Å². The molecule has 116 valence electrons. The molecule has 0 aliphatic rings. The van der Waals surface area contributed by atoms with Gasteiger partial charge in [0.1, 0.15) is 11.2 Å². The summed E-state index contributed by atoms with van der Waals surface area (Å²) >= 11 is 5.93. The Labute approximate surface area is 137 Å². The van der Waals surface area contributed by atoms with Crippen LogP contribution in [0, 0.1) is 10.1 Å². The maximum atomic E-state index is 11.5. The summed E-state index contributed by atoms with van der Waals surface area (Å²) in [6, 6.07) is 14.2. The molecule has 0 aliphatic heterocycles. The molecule has 3 aromatic rings. The van der Waals surface area contributed by atoms with E-state index in [0.29, 0.717) is 27.3 Å². The monoisotopic (exact) mass is 328 g/mol. The highest BCUT2D eigenvalue weighted by Gasteiger charge is 2.22. The van der Waals surface area contributed by atoms with E-state index in [4.69, 9.17) is 11.6 Å². The molecule has 0 atom stereocenters. The summed E-state index contributed by atoms with van der Waals surface area (Å²) in [5.74, 6) is 0. The molecule has 0 saturated heterocycles. The largest absolute Gasteiger partial charge is 0.272 e. The molecule has 23 heavy (non-hydrogen) atoms. The van der Waals surface area contributed by atoms with Crippen LogP contribution in [0.15, 0.2) is 54.2 Å². The molecule has 0 spiro atoms. The first kappa shape index (κ1) is 15.2. The fraction of sp³-hybridized carbons (Fsp3) is 0.125. The average molecular weight is 329 g/mol. The van der Waals surface area contributed by atoms with Gasteiger partial charge in [-0.2, -0.15) is 0 Å². The van der Waals surface area contributed by atoms with Crippen molar-refractivity contribution in [1.29, 1.82) is 0 Å². The number of benzene rings is 2. The number of para-hydroxylation sites is 1. The van der Waals surface area contributed by atoms with Crippen LogP contribution in [0.1, 0.15) is 18.9 Å². The third-order valence-electron chi connectivity index (χ3n) is 3.51. The topological polar surface area (TPSA) is 73.8 Å². The standard InChI is InChI=1S/C16H13ClN4O2/c1-2-14(21(22)23)16(11-7-9-12(17)10-8-11)20-15-6-4-3-5-13(15)18-19-20/h3-10H,2H2,1H3. The summed E-state index contributed by atoms with van der Waals surface area (Å²) in [7, 11) is 0. The molecule has 0 amide bonds. The molecule has 6 nitrogen and oxygen atoms in total. The number of rotatable bonds is 4. The molecule has 0 saturated carbocycles. The maximum Gasteiger partial charge on any atom is 0.272 e. The van der Waals surface area contributed by atoms with Crippen molar-refractivity contribution in [3.63, 3.8) is 0 Å². The van der Waals surface area contributed by atoms with Crippen LogP contribution in [0.2, 0.25) is 5.02 Å². The lowest BCUT2D eigenvalue weighted by Crippen LogP contribution is -2.10. The fourth-order valence-electron chi connectivity index (χ4n) is 2.44. The Morgan fingerprint density at radius 3 is 2.57 bits per heavy atom. The molecule has 0 fully saturated rings. The molecule has 3 rings (SSSR count). The third-order valence-corrected chi connectivity index (χ3v) is 3.76. The lowest BCUT2D eigenvalue weighted by Gasteiger charge is -2.10. The number of hydrogen-bond acceptors (Lipinski definition) is 4. The SMILES string of the molecule is CCC(=C(c1ccc(Cl)cc1)n1nnc2ccccc21)[N+](=O)[O-]. The predicted octanol–water partition coefficient (Wildman–Crippen LogP) is 3.99. The number of nitrogens with zero attached hydrogens (tertiary/aromatic N) is 4. The summed E-state index contributed by atoms with van der Waals surface area (Å²) in [6.45, 7) is 1.74. The van der Waals surface area contributed by atoms with E-state index in [-0.39, 0.29) is 17.0 Å². The Kier molecular flexibility index (Phi) is 4.08. The average Bonchev–Trinajstić information content (AvgIpc) is 2.97. The van der Waals surface area contributed by atoms with Gasteiger partial charge in [0.15, 0.2) is 0 Å². The summed E-state index contributed by atoms with van der Waals surface area (Å²) in [5, 5.41) is 20.3. The van der Waals surface area contributed by atoms with Crippen LogP contribution in [-0.4, -0.2) is 19.9 Å². The van der Waals surface area contributed by atoms with Crippen LogP contribution < -0.4 is 0 Å². The maximum absolute atomic E-state index is 11.5. The van der Waals surface area contributed by atoms with Crippen molar-refractivity contribution in [3.8, 4) is 0 Å². The third kappa shape index (κ3) is 2.80. The fourth-order valence-corrected chi connectivity index (χ4v) is 2.56. The number of nitro groups is 1. The minimum absolute atomic E-state index is 0.0722. The van der Waals surface area contributed by atoms with E-state index in [2.05, 4.69) is 10.3 Å². The van der Waals surface area contributed by atoms with Gasteiger partial charge in [0, 0.05) is 17.0 Å². The van der Waals surface area contributed by atoms with E-state index >= 15 is 0 Å². The van der Waals surface area contributed by atoms with Gasteiger partial charge >= 0.3 is 0 Å². The van der Waals surface area contributed by atoms with Crippen LogP contribution in [-0.2, 0) is 0 Å². The zero-order valence-corrected chi connectivity index (χ0v) is 13.1. The lowest BCUT2D eigenvalue weighted by molar-refractivity contribution is -0.426. The van der Waals surface area contributed by atoms with Crippen molar-refractivity contribution in [1.82, 2.24) is 15.0 Å². The van der Waals surface area contributed by atoms with Gasteiger partial charge in [0.05, 0.1) is 10.4 Å². The molecule has 0 bridgehead atoms. The highest BCUT2D eigenvalue weighted by Crippen LogP contribution is 2.27. The molecular weight excluding hydrogens is 316 g/mol. The second-order valence-electron chi connectivity index (χ2n) is 4.90. The number of hydrogen-bond donors (Lipinski definition) is 0. The normalized spacial score (nSPS) is 12.3. The molecule has 1 aromatic heterocycles. The van der Waals surface area contributed by atoms with Crippen LogP contribution in [0.25, 0.3) is 16.7 Å². The van der Waals surface area contributed by atoms with Crippen molar-refractivity contribution in [2.75, 3.05) is 0 Å². The van der Waals surface area contributed by atoms with Gasteiger partial charge in [-0.1, -0.05) is 48.0 Å². The van der Waals surface area contributed by atoms with Crippen molar-refractivity contribution in [3.05, 3.63) is 74.9 Å². The quantitative estimate of drug-likeness (QED) is 0.536. The van der Waals surface area contributed by atoms with Gasteiger partial charge in [0.25, 0.3) is 5.70 Å². The molecule has 0 N–H and O–H groups in total. The Bertz CT molecular complexity index is 900. The summed E-state index contributed by atoms with van der Waals surface area (Å²) in [6.07, 6.45) is 0.263. The van der Waals surface area contributed by atoms with Gasteiger partial charge < -0.3 is 0 Å². The summed E-state index contributed by atoms with van der Waals surface area (Å²) < 4.78 is 1.51. The van der Waals surface area contributed by atoms with E-state index in [1.165, 1.54) is 4.68 Å². The van der Waals surface area contributed by atoms with Crippen LogP contribution in [0.4, 0.5) is 0 Å². The lowest BCUT2D eigenvalue weighted by atomic mass is 10.1. The Hall–Kier alpha value is -2.73. The van der Waals surface area contributed by atoms with Crippen molar-refractivity contribution in [2.45, 2.75) is 13.3 Å². The first-order valence-corrected chi connectivity index (χ1v) is 7.44. The number of fused-ring (bicyclic) bond motifs is 1. The van der Waals surface area contributed by atoms with E-state index in [1.54, 1.807) is 31.2 Å². The number of allylic oxidation sites excluding steroid dienone is 1. The van der Waals surface area contributed by atoms with Gasteiger partial charge in [-0.25, -0.2) is 4.68 Å². The Morgan fingerprint density at radius 1 is 1.22 bits per heavy atom. The smallest absolute Gasteiger partial charge is 0.259 e. The van der Waals surface area contributed by atoms with Crippen LogP contribution >= 0.6 is 11.6 Å². The highest BCUT2D eigenvalue weighted by molar-refractivity contribution is 6.30. The molecule has 2 aromatic carbocycles. The molecule has 0 aliphatic carbocycles.